The third kappa shape index (κ3) is 42.2. The fourth-order valence-corrected chi connectivity index (χ4v) is 5.72. The van der Waals surface area contributed by atoms with Gasteiger partial charge in [-0.1, -0.05) is 163 Å². The molecule has 0 saturated carbocycles. The van der Waals surface area contributed by atoms with Gasteiger partial charge in [0.15, 0.2) is 6.10 Å². The van der Waals surface area contributed by atoms with Gasteiger partial charge in [-0.25, -0.2) is 4.57 Å². The van der Waals surface area contributed by atoms with E-state index in [2.05, 4.69) is 79.1 Å². The Kier molecular flexibility index (Phi) is 37.4. The number of aliphatic hydroxyl groups excluding tert-OH is 1. The maximum atomic E-state index is 12.4. The molecular weight excluding hydrogens is 715 g/mol. The number of esters is 2. The van der Waals surface area contributed by atoms with Gasteiger partial charge in [0.25, 0.3) is 0 Å². The number of unbranched alkanes of at least 4 members (excludes halogenated alkanes) is 13. The Bertz CT molecular complexity index is 1180. The maximum absolute atomic E-state index is 12.4. The van der Waals surface area contributed by atoms with E-state index in [-0.39, 0.29) is 19.3 Å². The molecule has 0 saturated heterocycles. The van der Waals surface area contributed by atoms with Crippen molar-refractivity contribution in [2.45, 2.75) is 174 Å². The number of aliphatic hydroxyl groups is 1. The minimum atomic E-state index is -4.82. The largest absolute Gasteiger partial charge is 0.469 e. The Morgan fingerprint density at radius 1 is 0.582 bits per heavy atom. The quantitative estimate of drug-likeness (QED) is 0.0184. The molecule has 10 heteroatoms. The number of allylic oxidation sites excluding steroid dienone is 13. The Morgan fingerprint density at radius 3 is 1.64 bits per heavy atom. The number of carbonyl (C=O) groups excluding carboxylic acids is 2. The zero-order valence-corrected chi connectivity index (χ0v) is 35.0. The van der Waals surface area contributed by atoms with Crippen molar-refractivity contribution in [3.05, 3.63) is 85.1 Å². The van der Waals surface area contributed by atoms with E-state index in [0.29, 0.717) is 6.42 Å². The van der Waals surface area contributed by atoms with Crippen LogP contribution in [0.2, 0.25) is 0 Å². The number of phosphoric acid groups is 1. The number of ether oxygens (including phenoxy) is 2. The molecule has 9 nitrogen and oxygen atoms in total. The van der Waals surface area contributed by atoms with Gasteiger partial charge in [-0.15, -0.1) is 0 Å². The highest BCUT2D eigenvalue weighted by Gasteiger charge is 2.23. The zero-order chi connectivity index (χ0) is 40.5. The predicted molar refractivity (Wildman–Crippen MR) is 226 cm³/mol. The third-order valence-electron chi connectivity index (χ3n) is 8.52. The SMILES string of the molecule is CC/C=C\C/C=C\C/C=C\C/C=C\C/C=C\C=C/C(O)CCC(=O)OC[C@H](COP(=O)(O)O)OC(=O)CCCCCCCCC/C=C\CCCCCCCC. The molecule has 2 atom stereocenters. The van der Waals surface area contributed by atoms with Crippen LogP contribution in [0.1, 0.15) is 162 Å². The lowest BCUT2D eigenvalue weighted by Gasteiger charge is -2.18. The van der Waals surface area contributed by atoms with E-state index in [9.17, 15) is 19.3 Å². The molecule has 0 aliphatic carbocycles. The van der Waals surface area contributed by atoms with Gasteiger partial charge < -0.3 is 24.4 Å². The summed E-state index contributed by atoms with van der Waals surface area (Å²) in [5.74, 6) is -1.18. The summed E-state index contributed by atoms with van der Waals surface area (Å²) in [6, 6.07) is 0. The van der Waals surface area contributed by atoms with Crippen molar-refractivity contribution in [2.75, 3.05) is 13.2 Å². The summed E-state index contributed by atoms with van der Waals surface area (Å²) in [5, 5.41) is 10.2. The summed E-state index contributed by atoms with van der Waals surface area (Å²) in [7, 11) is -4.82. The maximum Gasteiger partial charge on any atom is 0.469 e. The lowest BCUT2D eigenvalue weighted by atomic mass is 10.1. The molecular formula is C45H75O9P. The van der Waals surface area contributed by atoms with E-state index in [0.717, 1.165) is 57.8 Å². The zero-order valence-electron chi connectivity index (χ0n) is 34.2. The Labute approximate surface area is 334 Å². The van der Waals surface area contributed by atoms with Crippen molar-refractivity contribution in [1.82, 2.24) is 0 Å². The van der Waals surface area contributed by atoms with E-state index in [1.54, 1.807) is 12.2 Å². The lowest BCUT2D eigenvalue weighted by molar-refractivity contribution is -0.161. The molecule has 0 amide bonds. The van der Waals surface area contributed by atoms with Crippen LogP contribution in [0.5, 0.6) is 0 Å². The second-order valence-electron chi connectivity index (χ2n) is 13.8. The average molecular weight is 791 g/mol. The minimum absolute atomic E-state index is 0.0901. The highest BCUT2D eigenvalue weighted by molar-refractivity contribution is 7.46. The smallest absolute Gasteiger partial charge is 0.462 e. The molecule has 3 N–H and O–H groups in total. The average Bonchev–Trinajstić information content (AvgIpc) is 3.15. The second kappa shape index (κ2) is 39.4. The highest BCUT2D eigenvalue weighted by atomic mass is 31.2. The van der Waals surface area contributed by atoms with Crippen LogP contribution < -0.4 is 0 Å². The van der Waals surface area contributed by atoms with Crippen LogP contribution in [0.4, 0.5) is 0 Å². The Morgan fingerprint density at radius 2 is 1.09 bits per heavy atom. The molecule has 0 aliphatic rings. The normalized spacial score (nSPS) is 13.9. The molecule has 55 heavy (non-hydrogen) atoms. The Hall–Kier alpha value is -2.81. The van der Waals surface area contributed by atoms with Crippen LogP contribution in [0, 0.1) is 0 Å². The summed E-state index contributed by atoms with van der Waals surface area (Å²) in [5.41, 5.74) is 0. The van der Waals surface area contributed by atoms with Crippen LogP contribution in [-0.4, -0.2) is 52.3 Å². The standard InChI is InChI=1S/C45H75O9P/c1-3-5-7-9-11-13-15-17-19-21-23-25-27-29-31-33-35-37-45(48)54-43(41-53-55(49,50)51)40-52-44(47)39-38-42(46)36-34-32-30-28-26-24-22-20-18-16-14-12-10-8-6-4-2/h6,8,12,14,17-20,24,26,30,32,34,36,42-43,46H,3-5,7,9-11,13,15-16,21-23,25,27-29,31,33,35,37-41H2,1-2H3,(H2,49,50,51)/b8-6-,14-12-,19-17-,20-18-,26-24-,32-30-,36-34-/t42?,43-/m1/s1. The molecule has 314 valence electrons. The number of hydrogen-bond donors (Lipinski definition) is 3. The second-order valence-corrected chi connectivity index (χ2v) is 15.0. The van der Waals surface area contributed by atoms with Crippen LogP contribution in [0.25, 0.3) is 0 Å². The topological polar surface area (TPSA) is 140 Å². The van der Waals surface area contributed by atoms with E-state index in [1.165, 1.54) is 64.2 Å². The molecule has 0 aromatic rings. The molecule has 0 spiro atoms. The van der Waals surface area contributed by atoms with Gasteiger partial charge in [-0.3, -0.25) is 14.1 Å². The highest BCUT2D eigenvalue weighted by Crippen LogP contribution is 2.36. The van der Waals surface area contributed by atoms with Gasteiger partial charge in [0, 0.05) is 12.8 Å². The molecule has 1 unspecified atom stereocenters. The first-order valence-electron chi connectivity index (χ1n) is 21.0. The lowest BCUT2D eigenvalue weighted by Crippen LogP contribution is -2.29. The van der Waals surface area contributed by atoms with E-state index >= 15 is 0 Å². The van der Waals surface area contributed by atoms with Gasteiger partial charge in [-0.05, 0) is 70.6 Å². The Balaban J connectivity index is 4.17. The number of hydrogen-bond acceptors (Lipinski definition) is 7. The van der Waals surface area contributed by atoms with Crippen molar-refractivity contribution in [2.24, 2.45) is 0 Å². The molecule has 0 fully saturated rings. The van der Waals surface area contributed by atoms with Crippen molar-refractivity contribution in [3.8, 4) is 0 Å². The van der Waals surface area contributed by atoms with Crippen molar-refractivity contribution in [3.63, 3.8) is 0 Å². The first-order valence-corrected chi connectivity index (χ1v) is 22.5. The summed E-state index contributed by atoms with van der Waals surface area (Å²) in [4.78, 5) is 42.9. The molecule has 0 bridgehead atoms. The fraction of sp³-hybridized carbons (Fsp3) is 0.644. The monoisotopic (exact) mass is 791 g/mol. The first-order chi connectivity index (χ1) is 26.7. The minimum Gasteiger partial charge on any atom is -0.462 e. The number of rotatable bonds is 37. The van der Waals surface area contributed by atoms with Crippen molar-refractivity contribution < 1.29 is 43.0 Å². The van der Waals surface area contributed by atoms with Crippen LogP contribution in [0.3, 0.4) is 0 Å². The molecule has 0 aromatic carbocycles. The van der Waals surface area contributed by atoms with Gasteiger partial charge in [0.05, 0.1) is 12.7 Å². The summed E-state index contributed by atoms with van der Waals surface area (Å²) in [6.07, 6.45) is 49.2. The predicted octanol–water partition coefficient (Wildman–Crippen LogP) is 11.8. The van der Waals surface area contributed by atoms with Crippen molar-refractivity contribution >= 4 is 19.8 Å². The number of phosphoric ester groups is 1. The van der Waals surface area contributed by atoms with Crippen LogP contribution in [0.15, 0.2) is 85.1 Å². The van der Waals surface area contributed by atoms with Crippen LogP contribution in [-0.2, 0) is 28.2 Å². The van der Waals surface area contributed by atoms with Crippen LogP contribution >= 0.6 is 7.82 Å². The third-order valence-corrected chi connectivity index (χ3v) is 9.00. The van der Waals surface area contributed by atoms with Gasteiger partial charge >= 0.3 is 19.8 Å². The van der Waals surface area contributed by atoms with E-state index in [4.69, 9.17) is 19.3 Å². The fourth-order valence-electron chi connectivity index (χ4n) is 5.36. The molecule has 0 aromatic heterocycles. The summed E-state index contributed by atoms with van der Waals surface area (Å²) < 4.78 is 26.2. The summed E-state index contributed by atoms with van der Waals surface area (Å²) in [6.45, 7) is 3.35. The van der Waals surface area contributed by atoms with Gasteiger partial charge in [0.1, 0.15) is 6.61 Å². The van der Waals surface area contributed by atoms with Gasteiger partial charge in [-0.2, -0.15) is 0 Å². The van der Waals surface area contributed by atoms with E-state index < -0.39 is 45.2 Å². The molecule has 0 heterocycles. The van der Waals surface area contributed by atoms with Crippen molar-refractivity contribution in [1.29, 1.82) is 0 Å². The molecule has 0 rings (SSSR count). The van der Waals surface area contributed by atoms with E-state index in [1.807, 2.05) is 12.2 Å². The summed E-state index contributed by atoms with van der Waals surface area (Å²) >= 11 is 0. The first kappa shape index (κ1) is 52.2. The number of carbonyl (C=O) groups is 2. The molecule has 0 aliphatic heterocycles. The van der Waals surface area contributed by atoms with Gasteiger partial charge in [0.2, 0.25) is 0 Å². The molecule has 0 radical (unpaired) electrons.